The maximum absolute atomic E-state index is 11.6. The van der Waals surface area contributed by atoms with E-state index in [2.05, 4.69) is 5.32 Å². The molecule has 4 N–H and O–H groups in total. The van der Waals surface area contributed by atoms with Gasteiger partial charge in [-0.2, -0.15) is 0 Å². The van der Waals surface area contributed by atoms with Crippen LogP contribution >= 0.6 is 0 Å². The third-order valence-electron chi connectivity index (χ3n) is 3.51. The predicted octanol–water partition coefficient (Wildman–Crippen LogP) is 0.265. The topological polar surface area (TPSA) is 84.6 Å². The molecule has 0 rings (SSSR count). The molecule has 0 saturated heterocycles. The molecule has 0 aliphatic carbocycles. The van der Waals surface area contributed by atoms with Crippen molar-refractivity contribution in [1.82, 2.24) is 5.32 Å². The van der Waals surface area contributed by atoms with Crippen molar-refractivity contribution in [2.45, 2.75) is 39.2 Å². The van der Waals surface area contributed by atoms with Gasteiger partial charge in [0, 0.05) is 25.6 Å². The van der Waals surface area contributed by atoms with E-state index in [-0.39, 0.29) is 30.5 Å². The fourth-order valence-electron chi connectivity index (χ4n) is 1.61. The molecule has 0 bridgehead atoms. The molecule has 5 heteroatoms. The molecule has 0 aliphatic heterocycles. The summed E-state index contributed by atoms with van der Waals surface area (Å²) in [6.07, 6.45) is 1.71. The van der Waals surface area contributed by atoms with E-state index < -0.39 is 0 Å². The number of nitrogens with two attached hydrogens (primary N) is 1. The summed E-state index contributed by atoms with van der Waals surface area (Å²) in [6.45, 7) is 4.95. The third-order valence-corrected chi connectivity index (χ3v) is 3.51. The first-order valence-corrected chi connectivity index (χ1v) is 6.17. The van der Waals surface area contributed by atoms with Gasteiger partial charge in [-0.3, -0.25) is 4.79 Å². The summed E-state index contributed by atoms with van der Waals surface area (Å²) in [4.78, 5) is 11.6. The van der Waals surface area contributed by atoms with Crippen LogP contribution in [0.3, 0.4) is 0 Å². The van der Waals surface area contributed by atoms with E-state index in [9.17, 15) is 9.90 Å². The van der Waals surface area contributed by atoms with Crippen molar-refractivity contribution in [1.29, 1.82) is 0 Å². The molecular formula is C12H26N2O3. The SMILES string of the molecule is CCC(CC)(CO)CNC(=O)CC(CN)OC. The second kappa shape index (κ2) is 8.44. The summed E-state index contributed by atoms with van der Waals surface area (Å²) in [5.41, 5.74) is 5.24. The summed E-state index contributed by atoms with van der Waals surface area (Å²) in [6, 6.07) is 0. The zero-order valence-corrected chi connectivity index (χ0v) is 11.2. The Labute approximate surface area is 104 Å². The number of aliphatic hydroxyl groups is 1. The van der Waals surface area contributed by atoms with Crippen LogP contribution in [0.4, 0.5) is 0 Å². The quantitative estimate of drug-likeness (QED) is 0.545. The third kappa shape index (κ3) is 5.48. The van der Waals surface area contributed by atoms with Crippen LogP contribution in [0.5, 0.6) is 0 Å². The van der Waals surface area contributed by atoms with Crippen molar-refractivity contribution in [3.05, 3.63) is 0 Å². The summed E-state index contributed by atoms with van der Waals surface area (Å²) >= 11 is 0. The largest absolute Gasteiger partial charge is 0.396 e. The van der Waals surface area contributed by atoms with Crippen molar-refractivity contribution < 1.29 is 14.6 Å². The molecule has 1 atom stereocenters. The molecule has 0 spiro atoms. The lowest BCUT2D eigenvalue weighted by molar-refractivity contribution is -0.124. The number of carbonyl (C=O) groups excluding carboxylic acids is 1. The number of nitrogens with one attached hydrogen (secondary N) is 1. The van der Waals surface area contributed by atoms with Gasteiger partial charge >= 0.3 is 0 Å². The van der Waals surface area contributed by atoms with Gasteiger partial charge in [-0.05, 0) is 12.8 Å². The van der Waals surface area contributed by atoms with E-state index in [1.807, 2.05) is 13.8 Å². The first-order valence-electron chi connectivity index (χ1n) is 6.17. The molecule has 0 aromatic rings. The van der Waals surface area contributed by atoms with Crippen molar-refractivity contribution in [2.24, 2.45) is 11.1 Å². The molecule has 0 fully saturated rings. The molecule has 0 aliphatic rings. The van der Waals surface area contributed by atoms with E-state index in [0.717, 1.165) is 12.8 Å². The molecular weight excluding hydrogens is 220 g/mol. The number of aliphatic hydroxyl groups excluding tert-OH is 1. The molecule has 0 aromatic heterocycles. The number of carbonyl (C=O) groups is 1. The highest BCUT2D eigenvalue weighted by Crippen LogP contribution is 2.24. The monoisotopic (exact) mass is 246 g/mol. The fraction of sp³-hybridized carbons (Fsp3) is 0.917. The van der Waals surface area contributed by atoms with Crippen molar-refractivity contribution in [3.63, 3.8) is 0 Å². The van der Waals surface area contributed by atoms with Crippen LogP contribution in [0.1, 0.15) is 33.1 Å². The van der Waals surface area contributed by atoms with Crippen molar-refractivity contribution >= 4 is 5.91 Å². The van der Waals surface area contributed by atoms with E-state index in [1.54, 1.807) is 7.11 Å². The molecule has 17 heavy (non-hydrogen) atoms. The Balaban J connectivity index is 4.13. The fourth-order valence-corrected chi connectivity index (χ4v) is 1.61. The van der Waals surface area contributed by atoms with Crippen LogP contribution in [0, 0.1) is 5.41 Å². The molecule has 0 heterocycles. The lowest BCUT2D eigenvalue weighted by Crippen LogP contribution is -2.41. The summed E-state index contributed by atoms with van der Waals surface area (Å²) < 4.78 is 5.05. The molecule has 1 amide bonds. The molecule has 0 saturated carbocycles. The van der Waals surface area contributed by atoms with Crippen molar-refractivity contribution in [3.8, 4) is 0 Å². The highest BCUT2D eigenvalue weighted by atomic mass is 16.5. The number of hydrogen-bond donors (Lipinski definition) is 3. The standard InChI is InChI=1S/C12H26N2O3/c1-4-12(5-2,9-15)8-14-11(16)6-10(7-13)17-3/h10,15H,4-9,13H2,1-3H3,(H,14,16). The minimum absolute atomic E-state index is 0.0815. The lowest BCUT2D eigenvalue weighted by Gasteiger charge is -2.29. The van der Waals surface area contributed by atoms with Crippen LogP contribution in [-0.4, -0.2) is 43.9 Å². The summed E-state index contributed by atoms with van der Waals surface area (Å²) in [7, 11) is 1.54. The average molecular weight is 246 g/mol. The van der Waals surface area contributed by atoms with E-state index in [4.69, 9.17) is 10.5 Å². The average Bonchev–Trinajstić information content (AvgIpc) is 2.38. The van der Waals surface area contributed by atoms with Gasteiger partial charge in [0.25, 0.3) is 0 Å². The van der Waals surface area contributed by atoms with Crippen LogP contribution < -0.4 is 11.1 Å². The van der Waals surface area contributed by atoms with Crippen LogP contribution in [-0.2, 0) is 9.53 Å². The summed E-state index contributed by atoms with van der Waals surface area (Å²) in [5, 5.41) is 12.2. The minimum atomic E-state index is -0.234. The second-order valence-corrected chi connectivity index (χ2v) is 4.44. The predicted molar refractivity (Wildman–Crippen MR) is 67.6 cm³/mol. The Morgan fingerprint density at radius 3 is 2.41 bits per heavy atom. The number of methoxy groups -OCH3 is 1. The second-order valence-electron chi connectivity index (χ2n) is 4.44. The normalized spacial score (nSPS) is 13.5. The van der Waals surface area contributed by atoms with Crippen LogP contribution in [0.15, 0.2) is 0 Å². The van der Waals surface area contributed by atoms with E-state index in [0.29, 0.717) is 13.1 Å². The van der Waals surface area contributed by atoms with Gasteiger partial charge in [0.2, 0.25) is 5.91 Å². The van der Waals surface area contributed by atoms with Gasteiger partial charge in [-0.15, -0.1) is 0 Å². The van der Waals surface area contributed by atoms with Gasteiger partial charge in [0.1, 0.15) is 0 Å². The lowest BCUT2D eigenvalue weighted by atomic mass is 9.83. The van der Waals surface area contributed by atoms with Gasteiger partial charge < -0.3 is 20.9 Å². The maximum Gasteiger partial charge on any atom is 0.222 e. The van der Waals surface area contributed by atoms with Crippen molar-refractivity contribution in [2.75, 3.05) is 26.8 Å². The van der Waals surface area contributed by atoms with Crippen LogP contribution in [0.25, 0.3) is 0 Å². The Morgan fingerprint density at radius 1 is 1.47 bits per heavy atom. The Bertz CT molecular complexity index is 206. The minimum Gasteiger partial charge on any atom is -0.396 e. The highest BCUT2D eigenvalue weighted by Gasteiger charge is 2.26. The molecule has 1 unspecified atom stereocenters. The van der Waals surface area contributed by atoms with E-state index in [1.165, 1.54) is 0 Å². The van der Waals surface area contributed by atoms with Gasteiger partial charge in [0.15, 0.2) is 0 Å². The number of rotatable bonds is 9. The Hall–Kier alpha value is -0.650. The molecule has 0 radical (unpaired) electrons. The zero-order chi connectivity index (χ0) is 13.3. The maximum atomic E-state index is 11.6. The molecule has 102 valence electrons. The number of hydrogen-bond acceptors (Lipinski definition) is 4. The van der Waals surface area contributed by atoms with E-state index >= 15 is 0 Å². The zero-order valence-electron chi connectivity index (χ0n) is 11.2. The smallest absolute Gasteiger partial charge is 0.222 e. The highest BCUT2D eigenvalue weighted by molar-refractivity contribution is 5.76. The molecule has 5 nitrogen and oxygen atoms in total. The Morgan fingerprint density at radius 2 is 2.06 bits per heavy atom. The van der Waals surface area contributed by atoms with Gasteiger partial charge in [0.05, 0.1) is 19.1 Å². The van der Waals surface area contributed by atoms with Gasteiger partial charge in [-0.25, -0.2) is 0 Å². The number of amides is 1. The first-order chi connectivity index (χ1) is 8.07. The summed E-state index contributed by atoms with van der Waals surface area (Å²) in [5.74, 6) is -0.0815. The first kappa shape index (κ1) is 16.4. The van der Waals surface area contributed by atoms with Crippen LogP contribution in [0.2, 0.25) is 0 Å². The van der Waals surface area contributed by atoms with Gasteiger partial charge in [-0.1, -0.05) is 13.8 Å². The molecule has 0 aromatic carbocycles. The Kier molecular flexibility index (Phi) is 8.12. The number of ether oxygens (including phenoxy) is 1.